The Balaban J connectivity index is 1.59. The Hall–Kier alpha value is -2.73. The average Bonchev–Trinajstić information content (AvgIpc) is 3.38. The molecular formula is C19H18FN3O2. The van der Waals surface area contributed by atoms with Crippen LogP contribution in [0.5, 0.6) is 0 Å². The van der Waals surface area contributed by atoms with E-state index in [1.54, 1.807) is 33.8 Å². The summed E-state index contributed by atoms with van der Waals surface area (Å²) >= 11 is 0. The summed E-state index contributed by atoms with van der Waals surface area (Å²) in [6.45, 7) is 0.176. The molecule has 1 N–H and O–H groups in total. The van der Waals surface area contributed by atoms with Gasteiger partial charge < -0.3 is 10.0 Å². The van der Waals surface area contributed by atoms with Crippen LogP contribution in [-0.2, 0) is 0 Å². The van der Waals surface area contributed by atoms with Gasteiger partial charge in [0.15, 0.2) is 0 Å². The number of pyridine rings is 1. The van der Waals surface area contributed by atoms with Crippen LogP contribution >= 0.6 is 0 Å². The van der Waals surface area contributed by atoms with Crippen molar-refractivity contribution in [3.63, 3.8) is 0 Å². The predicted molar refractivity (Wildman–Crippen MR) is 90.6 cm³/mol. The molecule has 1 fully saturated rings. The summed E-state index contributed by atoms with van der Waals surface area (Å²) in [5, 5.41) is 10.5. The van der Waals surface area contributed by atoms with E-state index in [4.69, 9.17) is 0 Å². The van der Waals surface area contributed by atoms with Crippen molar-refractivity contribution in [2.45, 2.75) is 25.0 Å². The molecule has 0 radical (unpaired) electrons. The Bertz CT molecular complexity index is 902. The van der Waals surface area contributed by atoms with Gasteiger partial charge in [-0.2, -0.15) is 0 Å². The van der Waals surface area contributed by atoms with Crippen LogP contribution in [0.25, 0.3) is 5.65 Å². The molecule has 1 saturated carbocycles. The second-order valence-electron chi connectivity index (χ2n) is 6.33. The van der Waals surface area contributed by atoms with Gasteiger partial charge in [-0.15, -0.1) is 0 Å². The number of aromatic nitrogens is 2. The van der Waals surface area contributed by atoms with Crippen LogP contribution in [0.15, 0.2) is 54.9 Å². The molecule has 25 heavy (non-hydrogen) atoms. The van der Waals surface area contributed by atoms with E-state index in [9.17, 15) is 14.3 Å². The number of hydrogen-bond acceptors (Lipinski definition) is 3. The molecule has 4 rings (SSSR count). The molecule has 1 aromatic carbocycles. The molecule has 2 aromatic heterocycles. The second kappa shape index (κ2) is 6.29. The lowest BCUT2D eigenvalue weighted by Crippen LogP contribution is -2.37. The quantitative estimate of drug-likeness (QED) is 0.778. The summed E-state index contributed by atoms with van der Waals surface area (Å²) < 4.78 is 14.8. The maximum atomic E-state index is 13.1. The van der Waals surface area contributed by atoms with E-state index in [1.807, 2.05) is 18.2 Å². The number of carbonyl (C=O) groups is 1. The van der Waals surface area contributed by atoms with Gasteiger partial charge in [0.25, 0.3) is 5.91 Å². The standard InChI is InChI=1S/C19H18FN3O2/c20-14-6-4-13(5-7-14)17(24)12-23(15-8-9-15)19(25)16-11-21-18-3-1-2-10-22(16)18/h1-7,10-11,15,17,24H,8-9,12H2. The number of carbonyl (C=O) groups excluding carboxylic acids is 1. The van der Waals surface area contributed by atoms with Gasteiger partial charge in [-0.05, 0) is 42.7 Å². The van der Waals surface area contributed by atoms with Crippen LogP contribution in [0.4, 0.5) is 4.39 Å². The second-order valence-corrected chi connectivity index (χ2v) is 6.33. The minimum Gasteiger partial charge on any atom is -0.387 e. The zero-order valence-corrected chi connectivity index (χ0v) is 13.5. The van der Waals surface area contributed by atoms with E-state index in [2.05, 4.69) is 4.98 Å². The molecule has 128 valence electrons. The molecule has 0 spiro atoms. The highest BCUT2D eigenvalue weighted by molar-refractivity contribution is 5.93. The van der Waals surface area contributed by atoms with Crippen molar-refractivity contribution < 1.29 is 14.3 Å². The molecule has 1 amide bonds. The van der Waals surface area contributed by atoms with Crippen LogP contribution in [0.2, 0.25) is 0 Å². The maximum absolute atomic E-state index is 13.1. The number of fused-ring (bicyclic) bond motifs is 1. The van der Waals surface area contributed by atoms with Gasteiger partial charge in [-0.3, -0.25) is 9.20 Å². The lowest BCUT2D eigenvalue weighted by atomic mass is 10.1. The van der Waals surface area contributed by atoms with Crippen LogP contribution in [0.1, 0.15) is 35.0 Å². The topological polar surface area (TPSA) is 57.8 Å². The Morgan fingerprint density at radius 2 is 2.04 bits per heavy atom. The summed E-state index contributed by atoms with van der Waals surface area (Å²) in [5.74, 6) is -0.501. The molecule has 1 unspecified atom stereocenters. The van der Waals surface area contributed by atoms with E-state index in [1.165, 1.54) is 12.1 Å². The van der Waals surface area contributed by atoms with E-state index < -0.39 is 6.10 Å². The van der Waals surface area contributed by atoms with Crippen molar-refractivity contribution in [1.29, 1.82) is 0 Å². The minimum atomic E-state index is -0.857. The van der Waals surface area contributed by atoms with Crippen molar-refractivity contribution >= 4 is 11.6 Å². The molecular weight excluding hydrogens is 321 g/mol. The highest BCUT2D eigenvalue weighted by Gasteiger charge is 2.35. The summed E-state index contributed by atoms with van der Waals surface area (Å²) in [5.41, 5.74) is 1.78. The van der Waals surface area contributed by atoms with E-state index in [0.29, 0.717) is 16.9 Å². The van der Waals surface area contributed by atoms with Gasteiger partial charge in [0.2, 0.25) is 0 Å². The summed E-state index contributed by atoms with van der Waals surface area (Å²) in [6.07, 6.45) is 4.37. The maximum Gasteiger partial charge on any atom is 0.272 e. The molecule has 1 aliphatic carbocycles. The fourth-order valence-electron chi connectivity index (χ4n) is 3.00. The summed E-state index contributed by atoms with van der Waals surface area (Å²) in [7, 11) is 0. The summed E-state index contributed by atoms with van der Waals surface area (Å²) in [6, 6.07) is 11.4. The monoisotopic (exact) mass is 339 g/mol. The van der Waals surface area contributed by atoms with E-state index in [0.717, 1.165) is 12.8 Å². The van der Waals surface area contributed by atoms with E-state index >= 15 is 0 Å². The molecule has 1 aliphatic rings. The number of aliphatic hydroxyl groups is 1. The van der Waals surface area contributed by atoms with Crippen molar-refractivity contribution in [3.8, 4) is 0 Å². The fraction of sp³-hybridized carbons (Fsp3) is 0.263. The third-order valence-corrected chi connectivity index (χ3v) is 4.51. The molecule has 1 atom stereocenters. The van der Waals surface area contributed by atoms with Gasteiger partial charge in [0, 0.05) is 12.2 Å². The zero-order chi connectivity index (χ0) is 17.4. The van der Waals surface area contributed by atoms with Crippen LogP contribution in [0, 0.1) is 5.82 Å². The number of imidazole rings is 1. The third-order valence-electron chi connectivity index (χ3n) is 4.51. The number of nitrogens with zero attached hydrogens (tertiary/aromatic N) is 3. The zero-order valence-electron chi connectivity index (χ0n) is 13.5. The number of hydrogen-bond donors (Lipinski definition) is 1. The predicted octanol–water partition coefficient (Wildman–Crippen LogP) is 2.81. The number of rotatable bonds is 5. The smallest absolute Gasteiger partial charge is 0.272 e. The Kier molecular flexibility index (Phi) is 3.97. The first-order valence-corrected chi connectivity index (χ1v) is 8.30. The average molecular weight is 339 g/mol. The lowest BCUT2D eigenvalue weighted by molar-refractivity contribution is 0.0596. The lowest BCUT2D eigenvalue weighted by Gasteiger charge is -2.25. The van der Waals surface area contributed by atoms with Gasteiger partial charge in [0.1, 0.15) is 17.2 Å². The molecule has 2 heterocycles. The largest absolute Gasteiger partial charge is 0.387 e. The van der Waals surface area contributed by atoms with Crippen molar-refractivity contribution in [1.82, 2.24) is 14.3 Å². The van der Waals surface area contributed by atoms with Crippen LogP contribution in [-0.4, -0.2) is 37.9 Å². The normalized spacial score (nSPS) is 15.3. The Morgan fingerprint density at radius 1 is 1.28 bits per heavy atom. The fourth-order valence-corrected chi connectivity index (χ4v) is 3.00. The Morgan fingerprint density at radius 3 is 2.76 bits per heavy atom. The third kappa shape index (κ3) is 3.13. The van der Waals surface area contributed by atoms with Crippen LogP contribution in [0.3, 0.4) is 0 Å². The number of aliphatic hydroxyl groups excluding tert-OH is 1. The van der Waals surface area contributed by atoms with Gasteiger partial charge >= 0.3 is 0 Å². The molecule has 6 heteroatoms. The van der Waals surface area contributed by atoms with Crippen molar-refractivity contribution in [2.24, 2.45) is 0 Å². The van der Waals surface area contributed by atoms with Crippen molar-refractivity contribution in [3.05, 3.63) is 71.9 Å². The number of halogens is 1. The highest BCUT2D eigenvalue weighted by atomic mass is 19.1. The Labute approximate surface area is 144 Å². The van der Waals surface area contributed by atoms with Gasteiger partial charge in [-0.25, -0.2) is 9.37 Å². The highest BCUT2D eigenvalue weighted by Crippen LogP contribution is 2.30. The SMILES string of the molecule is O=C(c1cnc2ccccn12)N(CC(O)c1ccc(F)cc1)C1CC1. The van der Waals surface area contributed by atoms with Crippen LogP contribution < -0.4 is 0 Å². The van der Waals surface area contributed by atoms with Gasteiger partial charge in [-0.1, -0.05) is 18.2 Å². The number of benzene rings is 1. The first kappa shape index (κ1) is 15.8. The first-order valence-electron chi connectivity index (χ1n) is 8.30. The van der Waals surface area contributed by atoms with Gasteiger partial charge in [0.05, 0.1) is 18.8 Å². The van der Waals surface area contributed by atoms with E-state index in [-0.39, 0.29) is 24.3 Å². The molecule has 5 nitrogen and oxygen atoms in total. The molecule has 3 aromatic rings. The molecule has 0 aliphatic heterocycles. The minimum absolute atomic E-state index is 0.136. The first-order chi connectivity index (χ1) is 12.1. The molecule has 0 saturated heterocycles. The summed E-state index contributed by atoms with van der Waals surface area (Å²) in [4.78, 5) is 19.0. The van der Waals surface area contributed by atoms with Crippen molar-refractivity contribution in [2.75, 3.05) is 6.54 Å². The molecule has 0 bridgehead atoms. The number of amides is 1.